The Bertz CT molecular complexity index is 533. The van der Waals surface area contributed by atoms with Gasteiger partial charge in [0, 0.05) is 12.6 Å². The van der Waals surface area contributed by atoms with Gasteiger partial charge < -0.3 is 14.5 Å². The second kappa shape index (κ2) is 7.40. The van der Waals surface area contributed by atoms with Crippen LogP contribution in [-0.4, -0.2) is 34.2 Å². The Kier molecular flexibility index (Phi) is 5.80. The van der Waals surface area contributed by atoms with Crippen molar-refractivity contribution < 1.29 is 17.6 Å². The zero-order chi connectivity index (χ0) is 15.3. The van der Waals surface area contributed by atoms with Crippen LogP contribution in [0.3, 0.4) is 0 Å². The molecule has 0 amide bonds. The molecule has 1 atom stereocenters. The molecular formula is C14H24N2O4S. The number of hydrogen-bond acceptors (Lipinski definition) is 5. The molecule has 1 aromatic heterocycles. The van der Waals surface area contributed by atoms with E-state index < -0.39 is 10.0 Å². The van der Waals surface area contributed by atoms with Gasteiger partial charge in [-0.15, -0.1) is 0 Å². The predicted molar refractivity (Wildman–Crippen MR) is 79.4 cm³/mol. The quantitative estimate of drug-likeness (QED) is 0.796. The Morgan fingerprint density at radius 3 is 2.86 bits per heavy atom. The lowest BCUT2D eigenvalue weighted by atomic mass is 10.1. The first-order chi connectivity index (χ1) is 9.97. The molecule has 0 radical (unpaired) electrons. The number of ether oxygens (including phenoxy) is 1. The number of furan rings is 1. The van der Waals surface area contributed by atoms with Gasteiger partial charge in [0.2, 0.25) is 5.09 Å². The molecule has 6 nitrogen and oxygen atoms in total. The molecule has 2 N–H and O–H groups in total. The van der Waals surface area contributed by atoms with E-state index in [0.29, 0.717) is 31.4 Å². The zero-order valence-electron chi connectivity index (χ0n) is 12.6. The zero-order valence-corrected chi connectivity index (χ0v) is 13.4. The monoisotopic (exact) mass is 316 g/mol. The van der Waals surface area contributed by atoms with Crippen molar-refractivity contribution in [2.24, 2.45) is 5.92 Å². The van der Waals surface area contributed by atoms with E-state index in [9.17, 15) is 8.42 Å². The molecule has 1 aromatic rings. The van der Waals surface area contributed by atoms with Crippen LogP contribution in [0.25, 0.3) is 0 Å². The summed E-state index contributed by atoms with van der Waals surface area (Å²) in [6.45, 7) is 6.73. The largest absolute Gasteiger partial charge is 0.447 e. The summed E-state index contributed by atoms with van der Waals surface area (Å²) in [7, 11) is -3.60. The number of sulfonamides is 1. The summed E-state index contributed by atoms with van der Waals surface area (Å²) >= 11 is 0. The minimum Gasteiger partial charge on any atom is -0.447 e. The molecule has 1 aliphatic heterocycles. The van der Waals surface area contributed by atoms with E-state index in [1.54, 1.807) is 6.07 Å². The molecule has 7 heteroatoms. The van der Waals surface area contributed by atoms with Crippen molar-refractivity contribution in [1.29, 1.82) is 0 Å². The van der Waals surface area contributed by atoms with Crippen LogP contribution in [0.4, 0.5) is 0 Å². The molecule has 1 fully saturated rings. The Morgan fingerprint density at radius 1 is 1.38 bits per heavy atom. The summed E-state index contributed by atoms with van der Waals surface area (Å²) in [4.78, 5) is 0. The molecule has 0 spiro atoms. The second-order valence-corrected chi connectivity index (χ2v) is 7.43. The first-order valence-electron chi connectivity index (χ1n) is 7.37. The molecule has 0 aromatic carbocycles. The van der Waals surface area contributed by atoms with E-state index >= 15 is 0 Å². The van der Waals surface area contributed by atoms with Gasteiger partial charge in [0.1, 0.15) is 5.76 Å². The molecule has 1 unspecified atom stereocenters. The lowest BCUT2D eigenvalue weighted by molar-refractivity contribution is 0.0773. The summed E-state index contributed by atoms with van der Waals surface area (Å²) in [5.41, 5.74) is 0. The second-order valence-electron chi connectivity index (χ2n) is 5.78. The van der Waals surface area contributed by atoms with Gasteiger partial charge in [-0.05, 0) is 37.4 Å². The highest BCUT2D eigenvalue weighted by Crippen LogP contribution is 2.16. The molecule has 2 rings (SSSR count). The summed E-state index contributed by atoms with van der Waals surface area (Å²) in [6.07, 6.45) is 1.67. The van der Waals surface area contributed by atoms with Crippen molar-refractivity contribution in [1.82, 2.24) is 10.0 Å². The van der Waals surface area contributed by atoms with Gasteiger partial charge in [0.05, 0.1) is 13.2 Å². The molecular weight excluding hydrogens is 292 g/mol. The van der Waals surface area contributed by atoms with Gasteiger partial charge in [0.15, 0.2) is 0 Å². The van der Waals surface area contributed by atoms with Gasteiger partial charge in [-0.2, -0.15) is 0 Å². The van der Waals surface area contributed by atoms with E-state index in [2.05, 4.69) is 23.9 Å². The van der Waals surface area contributed by atoms with Crippen LogP contribution >= 0.6 is 0 Å². The molecule has 0 aliphatic carbocycles. The Hall–Kier alpha value is -0.890. The summed E-state index contributed by atoms with van der Waals surface area (Å²) < 4.78 is 37.8. The number of nitrogens with one attached hydrogen (secondary N) is 2. The standard InChI is InChI=1S/C14H24N2O4S/c1-11(2)8-15-9-13-5-6-14(20-13)21(17,18)16-12-4-3-7-19-10-12/h5-6,11-12,15-16H,3-4,7-10H2,1-2H3. The van der Waals surface area contributed by atoms with Crippen LogP contribution in [0.5, 0.6) is 0 Å². The maximum atomic E-state index is 12.2. The van der Waals surface area contributed by atoms with Crippen molar-refractivity contribution in [3.8, 4) is 0 Å². The summed E-state index contributed by atoms with van der Waals surface area (Å²) in [5.74, 6) is 1.16. The summed E-state index contributed by atoms with van der Waals surface area (Å²) in [5, 5.41) is 3.19. The molecule has 1 saturated heterocycles. The minimum atomic E-state index is -3.60. The molecule has 1 aliphatic rings. The maximum absolute atomic E-state index is 12.2. The third kappa shape index (κ3) is 5.10. The predicted octanol–water partition coefficient (Wildman–Crippen LogP) is 1.48. The van der Waals surface area contributed by atoms with Crippen LogP contribution in [0, 0.1) is 5.92 Å². The highest BCUT2D eigenvalue weighted by Gasteiger charge is 2.24. The lowest BCUT2D eigenvalue weighted by Crippen LogP contribution is -2.40. The maximum Gasteiger partial charge on any atom is 0.274 e. The Balaban J connectivity index is 1.92. The third-order valence-corrected chi connectivity index (χ3v) is 4.63. The van der Waals surface area contributed by atoms with E-state index in [4.69, 9.17) is 9.15 Å². The van der Waals surface area contributed by atoms with E-state index in [0.717, 1.165) is 19.4 Å². The normalized spacial score (nSPS) is 20.0. The smallest absolute Gasteiger partial charge is 0.274 e. The van der Waals surface area contributed by atoms with Crippen LogP contribution in [0.2, 0.25) is 0 Å². The number of rotatable bonds is 7. The topological polar surface area (TPSA) is 80.6 Å². The van der Waals surface area contributed by atoms with Crippen molar-refractivity contribution in [2.45, 2.75) is 44.4 Å². The fraction of sp³-hybridized carbons (Fsp3) is 0.714. The van der Waals surface area contributed by atoms with Crippen molar-refractivity contribution in [3.63, 3.8) is 0 Å². The Morgan fingerprint density at radius 2 is 2.19 bits per heavy atom. The van der Waals surface area contributed by atoms with Gasteiger partial charge in [-0.25, -0.2) is 13.1 Å². The summed E-state index contributed by atoms with van der Waals surface area (Å²) in [6, 6.07) is 3.02. The van der Waals surface area contributed by atoms with Crippen molar-refractivity contribution in [3.05, 3.63) is 17.9 Å². The molecule has 21 heavy (non-hydrogen) atoms. The highest BCUT2D eigenvalue weighted by molar-refractivity contribution is 7.89. The SMILES string of the molecule is CC(C)CNCc1ccc(S(=O)(=O)NC2CCCOC2)o1. The first kappa shape index (κ1) is 16.5. The van der Waals surface area contributed by atoms with E-state index in [-0.39, 0.29) is 11.1 Å². The highest BCUT2D eigenvalue weighted by atomic mass is 32.2. The lowest BCUT2D eigenvalue weighted by Gasteiger charge is -2.22. The fourth-order valence-electron chi connectivity index (χ4n) is 2.19. The van der Waals surface area contributed by atoms with Crippen LogP contribution in [-0.2, 0) is 21.3 Å². The fourth-order valence-corrected chi connectivity index (χ4v) is 3.40. The average Bonchev–Trinajstić information content (AvgIpc) is 2.88. The first-order valence-corrected chi connectivity index (χ1v) is 8.85. The van der Waals surface area contributed by atoms with E-state index in [1.807, 2.05) is 0 Å². The molecule has 0 saturated carbocycles. The molecule has 120 valence electrons. The van der Waals surface area contributed by atoms with Gasteiger partial charge in [-0.1, -0.05) is 13.8 Å². The Labute approximate surface area is 126 Å². The minimum absolute atomic E-state index is 0.0329. The van der Waals surface area contributed by atoms with Crippen molar-refractivity contribution >= 4 is 10.0 Å². The van der Waals surface area contributed by atoms with E-state index in [1.165, 1.54) is 6.07 Å². The van der Waals surface area contributed by atoms with Crippen LogP contribution < -0.4 is 10.0 Å². The van der Waals surface area contributed by atoms with Gasteiger partial charge in [0.25, 0.3) is 10.0 Å². The molecule has 2 heterocycles. The van der Waals surface area contributed by atoms with Crippen LogP contribution in [0.15, 0.2) is 21.6 Å². The number of hydrogen-bond donors (Lipinski definition) is 2. The average molecular weight is 316 g/mol. The van der Waals surface area contributed by atoms with Gasteiger partial charge >= 0.3 is 0 Å². The molecule has 0 bridgehead atoms. The third-order valence-electron chi connectivity index (χ3n) is 3.24. The van der Waals surface area contributed by atoms with Gasteiger partial charge in [-0.3, -0.25) is 0 Å². The van der Waals surface area contributed by atoms with Crippen molar-refractivity contribution in [2.75, 3.05) is 19.8 Å². The van der Waals surface area contributed by atoms with Crippen LogP contribution in [0.1, 0.15) is 32.4 Å².